The molecule has 1 unspecified atom stereocenters. The lowest BCUT2D eigenvalue weighted by Crippen LogP contribution is -2.50. The monoisotopic (exact) mass is 545 g/mol. The summed E-state index contributed by atoms with van der Waals surface area (Å²) in [5, 5.41) is 0. The van der Waals surface area contributed by atoms with Crippen LogP contribution in [0.4, 0.5) is 5.69 Å². The van der Waals surface area contributed by atoms with Gasteiger partial charge in [-0.05, 0) is 34.7 Å². The second-order valence-electron chi connectivity index (χ2n) is 9.55. The molecule has 2 N–H and O–H groups in total. The molecular weight excluding hydrogens is 514 g/mol. The third-order valence-corrected chi connectivity index (χ3v) is 7.78. The Kier molecular flexibility index (Phi) is 8.61. The van der Waals surface area contributed by atoms with Crippen LogP contribution >= 0.6 is 0 Å². The topological polar surface area (TPSA) is 118 Å². The van der Waals surface area contributed by atoms with Gasteiger partial charge in [-0.2, -0.15) is 0 Å². The van der Waals surface area contributed by atoms with Gasteiger partial charge in [0.1, 0.15) is 6.04 Å². The number of sulfonamides is 1. The first-order valence-corrected chi connectivity index (χ1v) is 14.5. The third kappa shape index (κ3) is 7.00. The number of nitrogens with two attached hydrogens (primary N) is 1. The number of primary amides is 1. The second-order valence-corrected chi connectivity index (χ2v) is 11.4. The molecule has 8 nitrogen and oxygen atoms in total. The Bertz CT molecular complexity index is 1480. The van der Waals surface area contributed by atoms with Gasteiger partial charge < -0.3 is 10.6 Å². The van der Waals surface area contributed by atoms with E-state index in [1.54, 1.807) is 60.7 Å². The zero-order valence-electron chi connectivity index (χ0n) is 21.7. The Morgan fingerprint density at radius 1 is 0.949 bits per heavy atom. The van der Waals surface area contributed by atoms with E-state index in [-0.39, 0.29) is 18.0 Å². The van der Waals surface area contributed by atoms with E-state index < -0.39 is 27.8 Å². The first kappa shape index (κ1) is 27.8. The number of anilines is 1. The fourth-order valence-corrected chi connectivity index (χ4v) is 5.86. The van der Waals surface area contributed by atoms with Crippen molar-refractivity contribution in [3.8, 4) is 0 Å². The van der Waals surface area contributed by atoms with Crippen LogP contribution in [0.2, 0.25) is 0 Å². The summed E-state index contributed by atoms with van der Waals surface area (Å²) in [5.41, 5.74) is 8.75. The van der Waals surface area contributed by atoms with E-state index >= 15 is 0 Å². The number of nitrogens with zero attached hydrogens (tertiary/aromatic N) is 2. The van der Waals surface area contributed by atoms with Gasteiger partial charge in [-0.15, -0.1) is 0 Å². The molecule has 1 atom stereocenters. The zero-order chi connectivity index (χ0) is 28.0. The van der Waals surface area contributed by atoms with Gasteiger partial charge in [0.2, 0.25) is 21.7 Å². The highest BCUT2D eigenvalue weighted by atomic mass is 32.2. The van der Waals surface area contributed by atoms with Crippen LogP contribution < -0.4 is 10.0 Å². The molecule has 39 heavy (non-hydrogen) atoms. The summed E-state index contributed by atoms with van der Waals surface area (Å²) in [6, 6.07) is 22.1. The van der Waals surface area contributed by atoms with Gasteiger partial charge in [0, 0.05) is 25.9 Å². The molecule has 1 aliphatic heterocycles. The summed E-state index contributed by atoms with van der Waals surface area (Å²) >= 11 is 0. The maximum absolute atomic E-state index is 13.1. The minimum Gasteiger partial charge on any atom is -0.363 e. The van der Waals surface area contributed by atoms with Crippen LogP contribution in [0.25, 0.3) is 12.2 Å². The van der Waals surface area contributed by atoms with Crippen molar-refractivity contribution in [2.75, 3.05) is 17.1 Å². The number of rotatable bonds is 11. The number of hydrogen-bond donors (Lipinski definition) is 1. The first-order valence-electron chi connectivity index (χ1n) is 12.6. The quantitative estimate of drug-likeness (QED) is 0.293. The molecule has 1 saturated heterocycles. The molecule has 1 heterocycles. The number of amides is 2. The average Bonchev–Trinajstić information content (AvgIpc) is 3.31. The molecule has 0 aromatic heterocycles. The molecule has 0 aliphatic carbocycles. The van der Waals surface area contributed by atoms with Gasteiger partial charge in [-0.25, -0.2) is 8.42 Å². The van der Waals surface area contributed by atoms with Gasteiger partial charge in [0.25, 0.3) is 5.91 Å². The van der Waals surface area contributed by atoms with Crippen molar-refractivity contribution in [2.24, 2.45) is 5.73 Å². The van der Waals surface area contributed by atoms with Crippen molar-refractivity contribution in [3.05, 3.63) is 101 Å². The molecule has 0 radical (unpaired) electrons. The Morgan fingerprint density at radius 2 is 1.62 bits per heavy atom. The summed E-state index contributed by atoms with van der Waals surface area (Å²) in [6.07, 6.45) is 6.08. The fraction of sp³-hybridized carbons (Fsp3) is 0.233. The molecule has 1 fully saturated rings. The molecule has 1 aliphatic rings. The van der Waals surface area contributed by atoms with Gasteiger partial charge >= 0.3 is 0 Å². The summed E-state index contributed by atoms with van der Waals surface area (Å²) < 4.78 is 27.2. The molecule has 9 heteroatoms. The normalized spacial score (nSPS) is 14.5. The first-order chi connectivity index (χ1) is 18.6. The van der Waals surface area contributed by atoms with E-state index in [0.29, 0.717) is 24.1 Å². The van der Waals surface area contributed by atoms with Crippen LogP contribution in [0, 0.1) is 0 Å². The van der Waals surface area contributed by atoms with Crippen LogP contribution in [-0.4, -0.2) is 49.8 Å². The number of Topliss-reactive ketones (excluding diaryl/α,β-unsaturated/α-hetero) is 1. The van der Waals surface area contributed by atoms with Crippen molar-refractivity contribution < 1.29 is 22.8 Å². The minimum absolute atomic E-state index is 0.0191. The van der Waals surface area contributed by atoms with Crippen LogP contribution in [-0.2, 0) is 37.4 Å². The Balaban J connectivity index is 1.65. The predicted octanol–water partition coefficient (Wildman–Crippen LogP) is 3.41. The third-order valence-electron chi connectivity index (χ3n) is 6.61. The Hall–Kier alpha value is -4.24. The molecule has 2 amide bonds. The SMILES string of the molecule is CS(=O)(=O)N(c1ccccc1C=Cc1ccc(CN2CCCC2=O)cc1)C(Cc1ccccc1)C(=O)C(N)=O. The number of ketones is 1. The average molecular weight is 546 g/mol. The molecular formula is C30H31N3O5S. The van der Waals surface area contributed by atoms with Crippen molar-refractivity contribution in [1.29, 1.82) is 0 Å². The molecule has 4 rings (SSSR count). The number of likely N-dealkylation sites (tertiary alicyclic amines) is 1. The van der Waals surface area contributed by atoms with Crippen LogP contribution in [0.1, 0.15) is 35.1 Å². The summed E-state index contributed by atoms with van der Waals surface area (Å²) in [4.78, 5) is 38.7. The van der Waals surface area contributed by atoms with Gasteiger partial charge in [0.05, 0.1) is 11.9 Å². The lowest BCUT2D eigenvalue weighted by Gasteiger charge is -2.31. The van der Waals surface area contributed by atoms with Crippen LogP contribution in [0.15, 0.2) is 78.9 Å². The highest BCUT2D eigenvalue weighted by molar-refractivity contribution is 7.92. The number of carbonyl (C=O) groups is 3. The van der Waals surface area contributed by atoms with Gasteiger partial charge in [-0.3, -0.25) is 18.7 Å². The van der Waals surface area contributed by atoms with E-state index in [9.17, 15) is 22.8 Å². The Morgan fingerprint density at radius 3 is 2.23 bits per heavy atom. The van der Waals surface area contributed by atoms with Gasteiger partial charge in [-0.1, -0.05) is 84.9 Å². The zero-order valence-corrected chi connectivity index (χ0v) is 22.5. The van der Waals surface area contributed by atoms with E-state index in [0.717, 1.165) is 34.7 Å². The minimum atomic E-state index is -4.00. The maximum atomic E-state index is 13.1. The molecule has 202 valence electrons. The maximum Gasteiger partial charge on any atom is 0.287 e. The van der Waals surface area contributed by atoms with Crippen molar-refractivity contribution in [3.63, 3.8) is 0 Å². The number of para-hydroxylation sites is 1. The van der Waals surface area contributed by atoms with Crippen molar-refractivity contribution in [2.45, 2.75) is 31.8 Å². The summed E-state index contributed by atoms with van der Waals surface area (Å²) in [7, 11) is -4.00. The van der Waals surface area contributed by atoms with E-state index in [1.807, 2.05) is 35.2 Å². The lowest BCUT2D eigenvalue weighted by atomic mass is 10.0. The molecule has 0 spiro atoms. The molecule has 0 bridgehead atoms. The highest BCUT2D eigenvalue weighted by Crippen LogP contribution is 2.29. The standard InChI is InChI=1S/C30H31N3O5S/c1-39(37,38)33(27(29(35)30(31)36)20-23-8-3-2-4-9-23)26-11-6-5-10-25(26)18-17-22-13-15-24(16-14-22)21-32-19-7-12-28(32)34/h2-6,8-11,13-18,27H,7,12,19-21H2,1H3,(H2,31,36). The second kappa shape index (κ2) is 12.1. The highest BCUT2D eigenvalue weighted by Gasteiger charge is 2.36. The lowest BCUT2D eigenvalue weighted by molar-refractivity contribution is -0.136. The fourth-order valence-electron chi connectivity index (χ4n) is 4.70. The number of hydrogen-bond acceptors (Lipinski definition) is 5. The van der Waals surface area contributed by atoms with Crippen molar-refractivity contribution in [1.82, 2.24) is 4.90 Å². The molecule has 0 saturated carbocycles. The molecule has 3 aromatic rings. The smallest absolute Gasteiger partial charge is 0.287 e. The Labute approximate surface area is 228 Å². The molecule has 3 aromatic carbocycles. The van der Waals surface area contributed by atoms with E-state index in [2.05, 4.69) is 0 Å². The summed E-state index contributed by atoms with van der Waals surface area (Å²) in [6.45, 7) is 1.35. The number of benzene rings is 3. The largest absolute Gasteiger partial charge is 0.363 e. The van der Waals surface area contributed by atoms with E-state index in [1.165, 1.54) is 0 Å². The van der Waals surface area contributed by atoms with Crippen LogP contribution in [0.3, 0.4) is 0 Å². The number of carbonyl (C=O) groups excluding carboxylic acids is 3. The summed E-state index contributed by atoms with van der Waals surface area (Å²) in [5.74, 6) is -2.02. The van der Waals surface area contributed by atoms with Crippen molar-refractivity contribution >= 4 is 45.5 Å². The van der Waals surface area contributed by atoms with Gasteiger partial charge in [0.15, 0.2) is 0 Å². The predicted molar refractivity (Wildman–Crippen MR) is 152 cm³/mol. The van der Waals surface area contributed by atoms with E-state index in [4.69, 9.17) is 5.73 Å². The van der Waals surface area contributed by atoms with Crippen LogP contribution in [0.5, 0.6) is 0 Å².